The number of halogens is 1. The summed E-state index contributed by atoms with van der Waals surface area (Å²) in [6, 6.07) is 5.31. The molecular weight excluding hydrogens is 340 g/mol. The standard InChI is InChI=1S/C14H21BrN2O2S/c1-4-5-6-9-17(3)20(18,19)14-8-7-12(11-16-2)10-13(14)15/h4,7-8,10,16H,1,5-6,9,11H2,2-3H3. The van der Waals surface area contributed by atoms with Crippen LogP contribution in [-0.2, 0) is 16.6 Å². The smallest absolute Gasteiger partial charge is 0.243 e. The summed E-state index contributed by atoms with van der Waals surface area (Å²) in [5, 5.41) is 3.04. The lowest BCUT2D eigenvalue weighted by molar-refractivity contribution is 0.462. The molecule has 20 heavy (non-hydrogen) atoms. The Bertz CT molecular complexity index is 558. The summed E-state index contributed by atoms with van der Waals surface area (Å²) in [4.78, 5) is 0.304. The molecule has 0 radical (unpaired) electrons. The molecule has 1 rings (SSSR count). The van der Waals surface area contributed by atoms with E-state index < -0.39 is 10.0 Å². The fourth-order valence-electron chi connectivity index (χ4n) is 1.81. The third-order valence-corrected chi connectivity index (χ3v) is 5.78. The zero-order chi connectivity index (χ0) is 15.2. The van der Waals surface area contributed by atoms with Gasteiger partial charge in [-0.2, -0.15) is 0 Å². The Balaban J connectivity index is 2.94. The predicted molar refractivity (Wildman–Crippen MR) is 86.2 cm³/mol. The van der Waals surface area contributed by atoms with Gasteiger partial charge in [-0.1, -0.05) is 12.1 Å². The molecule has 0 amide bonds. The summed E-state index contributed by atoms with van der Waals surface area (Å²) >= 11 is 3.35. The predicted octanol–water partition coefficient (Wildman–Crippen LogP) is 2.76. The maximum atomic E-state index is 12.5. The summed E-state index contributed by atoms with van der Waals surface area (Å²) in [6.07, 6.45) is 3.37. The van der Waals surface area contributed by atoms with Crippen molar-refractivity contribution in [1.82, 2.24) is 9.62 Å². The van der Waals surface area contributed by atoms with Gasteiger partial charge in [-0.15, -0.1) is 6.58 Å². The van der Waals surface area contributed by atoms with Crippen LogP contribution in [0.1, 0.15) is 18.4 Å². The van der Waals surface area contributed by atoms with Gasteiger partial charge in [-0.05, 0) is 53.5 Å². The van der Waals surface area contributed by atoms with Crippen molar-refractivity contribution in [2.45, 2.75) is 24.3 Å². The first-order valence-electron chi connectivity index (χ1n) is 6.43. The van der Waals surface area contributed by atoms with Crippen molar-refractivity contribution in [3.8, 4) is 0 Å². The molecule has 0 bridgehead atoms. The van der Waals surface area contributed by atoms with Crippen molar-refractivity contribution in [2.75, 3.05) is 20.6 Å². The van der Waals surface area contributed by atoms with E-state index in [0.29, 0.717) is 22.5 Å². The molecule has 1 N–H and O–H groups in total. The van der Waals surface area contributed by atoms with Crippen molar-refractivity contribution in [3.05, 3.63) is 40.9 Å². The van der Waals surface area contributed by atoms with Crippen LogP contribution in [0.4, 0.5) is 0 Å². The molecule has 0 aromatic heterocycles. The second-order valence-electron chi connectivity index (χ2n) is 4.55. The van der Waals surface area contributed by atoms with Gasteiger partial charge in [0.2, 0.25) is 10.0 Å². The quantitative estimate of drug-likeness (QED) is 0.572. The van der Waals surface area contributed by atoms with Gasteiger partial charge in [0.15, 0.2) is 0 Å². The number of hydrogen-bond acceptors (Lipinski definition) is 3. The second kappa shape index (κ2) is 7.93. The van der Waals surface area contributed by atoms with Gasteiger partial charge in [0.05, 0.1) is 4.90 Å². The number of hydrogen-bond donors (Lipinski definition) is 1. The zero-order valence-electron chi connectivity index (χ0n) is 11.9. The molecule has 6 heteroatoms. The molecule has 1 aromatic carbocycles. The maximum Gasteiger partial charge on any atom is 0.243 e. The largest absolute Gasteiger partial charge is 0.316 e. The van der Waals surface area contributed by atoms with Crippen LogP contribution in [0.5, 0.6) is 0 Å². The van der Waals surface area contributed by atoms with Crippen molar-refractivity contribution in [2.24, 2.45) is 0 Å². The number of allylic oxidation sites excluding steroid dienone is 1. The first-order chi connectivity index (χ1) is 9.43. The molecular formula is C14H21BrN2O2S. The molecule has 0 atom stereocenters. The van der Waals surface area contributed by atoms with Crippen molar-refractivity contribution >= 4 is 26.0 Å². The summed E-state index contributed by atoms with van der Waals surface area (Å²) in [7, 11) is 0.00659. The highest BCUT2D eigenvalue weighted by Crippen LogP contribution is 2.25. The number of benzene rings is 1. The highest BCUT2D eigenvalue weighted by atomic mass is 79.9. The van der Waals surface area contributed by atoms with E-state index in [1.54, 1.807) is 19.2 Å². The zero-order valence-corrected chi connectivity index (χ0v) is 14.3. The fourth-order valence-corrected chi connectivity index (χ4v) is 4.10. The first kappa shape index (κ1) is 17.4. The normalized spacial score (nSPS) is 11.8. The van der Waals surface area contributed by atoms with E-state index in [1.807, 2.05) is 19.2 Å². The van der Waals surface area contributed by atoms with E-state index in [4.69, 9.17) is 0 Å². The molecule has 0 unspecified atom stereocenters. The first-order valence-corrected chi connectivity index (χ1v) is 8.67. The summed E-state index contributed by atoms with van der Waals surface area (Å²) in [6.45, 7) is 4.83. The number of unbranched alkanes of at least 4 members (excludes halogenated alkanes) is 1. The van der Waals surface area contributed by atoms with Crippen LogP contribution in [0.15, 0.2) is 40.2 Å². The van der Waals surface area contributed by atoms with E-state index in [2.05, 4.69) is 27.8 Å². The Morgan fingerprint density at radius 1 is 1.45 bits per heavy atom. The fraction of sp³-hybridized carbons (Fsp3) is 0.429. The van der Waals surface area contributed by atoms with E-state index >= 15 is 0 Å². The molecule has 1 aromatic rings. The summed E-state index contributed by atoms with van der Waals surface area (Å²) in [5.41, 5.74) is 1.03. The van der Waals surface area contributed by atoms with Gasteiger partial charge in [-0.3, -0.25) is 0 Å². The number of rotatable bonds is 8. The minimum atomic E-state index is -3.45. The Morgan fingerprint density at radius 3 is 2.70 bits per heavy atom. The van der Waals surface area contributed by atoms with Crippen molar-refractivity contribution in [1.29, 1.82) is 0 Å². The van der Waals surface area contributed by atoms with Gasteiger partial charge in [-0.25, -0.2) is 12.7 Å². The number of nitrogens with zero attached hydrogens (tertiary/aromatic N) is 1. The Labute approximate surface area is 130 Å². The molecule has 0 aliphatic heterocycles. The van der Waals surface area contributed by atoms with Crippen LogP contribution in [-0.4, -0.2) is 33.4 Å². The minimum Gasteiger partial charge on any atom is -0.316 e. The van der Waals surface area contributed by atoms with Gasteiger partial charge >= 0.3 is 0 Å². The van der Waals surface area contributed by atoms with Crippen LogP contribution in [0.3, 0.4) is 0 Å². The second-order valence-corrected chi connectivity index (χ2v) is 7.42. The maximum absolute atomic E-state index is 12.5. The van der Waals surface area contributed by atoms with Crippen molar-refractivity contribution < 1.29 is 8.42 Å². The average Bonchev–Trinajstić information content (AvgIpc) is 2.39. The van der Waals surface area contributed by atoms with Crippen LogP contribution < -0.4 is 5.32 Å². The van der Waals surface area contributed by atoms with Crippen LogP contribution >= 0.6 is 15.9 Å². The molecule has 4 nitrogen and oxygen atoms in total. The Hall–Kier alpha value is -0.690. The summed E-state index contributed by atoms with van der Waals surface area (Å²) in [5.74, 6) is 0. The molecule has 0 heterocycles. The molecule has 0 fully saturated rings. The third-order valence-electron chi connectivity index (χ3n) is 2.95. The molecule has 0 aliphatic rings. The van der Waals surface area contributed by atoms with Gasteiger partial charge in [0.1, 0.15) is 0 Å². The van der Waals surface area contributed by atoms with Gasteiger partial charge in [0, 0.05) is 24.6 Å². The highest BCUT2D eigenvalue weighted by Gasteiger charge is 2.22. The number of nitrogens with one attached hydrogen (secondary N) is 1. The van der Waals surface area contributed by atoms with Gasteiger partial charge in [0.25, 0.3) is 0 Å². The third kappa shape index (κ3) is 4.41. The van der Waals surface area contributed by atoms with E-state index in [9.17, 15) is 8.42 Å². The molecule has 0 saturated carbocycles. The molecule has 112 valence electrons. The summed E-state index contributed by atoms with van der Waals surface area (Å²) < 4.78 is 26.9. The Morgan fingerprint density at radius 2 is 2.15 bits per heavy atom. The monoisotopic (exact) mass is 360 g/mol. The SMILES string of the molecule is C=CCCCN(C)S(=O)(=O)c1ccc(CNC)cc1Br. The van der Waals surface area contributed by atoms with E-state index in [0.717, 1.165) is 18.4 Å². The number of sulfonamides is 1. The van der Waals surface area contributed by atoms with Gasteiger partial charge < -0.3 is 5.32 Å². The van der Waals surface area contributed by atoms with E-state index in [-0.39, 0.29) is 0 Å². The molecule has 0 spiro atoms. The van der Waals surface area contributed by atoms with Crippen LogP contribution in [0, 0.1) is 0 Å². The Kier molecular flexibility index (Phi) is 6.88. The lowest BCUT2D eigenvalue weighted by Crippen LogP contribution is -2.28. The average molecular weight is 361 g/mol. The topological polar surface area (TPSA) is 49.4 Å². The molecule has 0 saturated heterocycles. The van der Waals surface area contributed by atoms with Crippen LogP contribution in [0.2, 0.25) is 0 Å². The lowest BCUT2D eigenvalue weighted by Gasteiger charge is -2.18. The highest BCUT2D eigenvalue weighted by molar-refractivity contribution is 9.10. The van der Waals surface area contributed by atoms with Crippen molar-refractivity contribution in [3.63, 3.8) is 0 Å². The lowest BCUT2D eigenvalue weighted by atomic mass is 10.2. The van der Waals surface area contributed by atoms with E-state index in [1.165, 1.54) is 4.31 Å². The molecule has 0 aliphatic carbocycles. The van der Waals surface area contributed by atoms with Crippen LogP contribution in [0.25, 0.3) is 0 Å². The minimum absolute atomic E-state index is 0.304.